The van der Waals surface area contributed by atoms with Gasteiger partial charge in [-0.3, -0.25) is 14.3 Å². The molecule has 9 heteroatoms. The van der Waals surface area contributed by atoms with Crippen LogP contribution in [-0.2, 0) is 7.05 Å². The van der Waals surface area contributed by atoms with Crippen LogP contribution in [-0.4, -0.2) is 30.2 Å². The van der Waals surface area contributed by atoms with Gasteiger partial charge in [-0.15, -0.1) is 0 Å². The molecule has 4 aromatic rings. The fraction of sp³-hybridized carbons (Fsp3) is 0.231. The van der Waals surface area contributed by atoms with E-state index in [1.165, 1.54) is 16.7 Å². The Balaban J connectivity index is 1.54. The molecule has 0 unspecified atom stereocenters. The molecule has 1 aliphatic carbocycles. The van der Waals surface area contributed by atoms with Crippen molar-refractivity contribution >= 4 is 17.6 Å². The van der Waals surface area contributed by atoms with Crippen LogP contribution in [0.2, 0.25) is 5.02 Å². The molecular formula is C26H22ClFN4O3. The van der Waals surface area contributed by atoms with Crippen LogP contribution in [0.4, 0.5) is 4.39 Å². The second kappa shape index (κ2) is 8.46. The van der Waals surface area contributed by atoms with Crippen LogP contribution in [0.1, 0.15) is 51.3 Å². The maximum Gasteiger partial charge on any atom is 0.372 e. The first-order valence-electron chi connectivity index (χ1n) is 11.1. The van der Waals surface area contributed by atoms with Gasteiger partial charge in [-0.25, -0.2) is 14.2 Å². The van der Waals surface area contributed by atoms with Gasteiger partial charge < -0.3 is 9.67 Å². The van der Waals surface area contributed by atoms with Gasteiger partial charge in [0.05, 0.1) is 11.4 Å². The summed E-state index contributed by atoms with van der Waals surface area (Å²) in [5, 5.41) is 9.47. The molecule has 3 aromatic heterocycles. The van der Waals surface area contributed by atoms with Gasteiger partial charge in [-0.1, -0.05) is 23.7 Å². The number of imidazole rings is 1. The number of hydrogen-bond acceptors (Lipinski definition) is 4. The molecule has 3 heterocycles. The Morgan fingerprint density at radius 3 is 2.51 bits per heavy atom. The largest absolute Gasteiger partial charge is 0.475 e. The normalized spacial score (nSPS) is 16.9. The molecule has 0 aliphatic heterocycles. The first-order valence-corrected chi connectivity index (χ1v) is 11.4. The number of halogens is 2. The highest BCUT2D eigenvalue weighted by Gasteiger charge is 2.41. The highest BCUT2D eigenvalue weighted by Crippen LogP contribution is 2.55. The Morgan fingerprint density at radius 1 is 1.14 bits per heavy atom. The van der Waals surface area contributed by atoms with Crippen LogP contribution in [0.15, 0.2) is 53.6 Å². The van der Waals surface area contributed by atoms with E-state index < -0.39 is 5.97 Å². The third-order valence-corrected chi connectivity index (χ3v) is 6.88. The molecule has 0 saturated heterocycles. The van der Waals surface area contributed by atoms with Gasteiger partial charge in [-0.05, 0) is 73.1 Å². The molecular weight excluding hydrogens is 471 g/mol. The molecule has 1 aliphatic rings. The van der Waals surface area contributed by atoms with Crippen LogP contribution in [0.3, 0.4) is 0 Å². The molecule has 0 bridgehead atoms. The molecule has 7 nitrogen and oxygen atoms in total. The lowest BCUT2D eigenvalue weighted by Gasteiger charge is -2.16. The van der Waals surface area contributed by atoms with E-state index in [0.717, 1.165) is 23.1 Å². The standard InChI is InChI=1S/C26H22ClFN4O3/c1-13-11-29-20(21-12-31(3)24(30-21)26(34)35)10-22(13)32-14(2)8-19(23(27)25(32)33)18-9-17(18)15-4-6-16(28)7-5-15/h4-8,10-12,17-18H,9H2,1-3H3,(H,34,35)/t17-,18+/m1/s1. The third-order valence-electron chi connectivity index (χ3n) is 6.50. The van der Waals surface area contributed by atoms with Crippen molar-refractivity contribution in [3.63, 3.8) is 0 Å². The molecule has 0 amide bonds. The molecule has 2 atom stereocenters. The van der Waals surface area contributed by atoms with Crippen molar-refractivity contribution in [3.05, 3.63) is 98.2 Å². The van der Waals surface area contributed by atoms with Crippen molar-refractivity contribution in [1.82, 2.24) is 19.1 Å². The monoisotopic (exact) mass is 492 g/mol. The number of carboxylic acid groups (broad SMARTS) is 1. The summed E-state index contributed by atoms with van der Waals surface area (Å²) in [4.78, 5) is 33.4. The van der Waals surface area contributed by atoms with E-state index >= 15 is 0 Å². The van der Waals surface area contributed by atoms with Crippen LogP contribution >= 0.6 is 11.6 Å². The zero-order valence-electron chi connectivity index (χ0n) is 19.3. The Morgan fingerprint density at radius 2 is 1.86 bits per heavy atom. The van der Waals surface area contributed by atoms with E-state index in [1.807, 2.05) is 19.9 Å². The van der Waals surface area contributed by atoms with E-state index in [0.29, 0.717) is 22.8 Å². The molecule has 1 fully saturated rings. The molecule has 1 saturated carbocycles. The number of aryl methyl sites for hydroxylation is 3. The number of benzene rings is 1. The van der Waals surface area contributed by atoms with Crippen molar-refractivity contribution in [2.75, 3.05) is 0 Å². The van der Waals surface area contributed by atoms with E-state index in [4.69, 9.17) is 11.6 Å². The average Bonchev–Trinajstić information content (AvgIpc) is 3.51. The van der Waals surface area contributed by atoms with Crippen LogP contribution in [0.25, 0.3) is 17.1 Å². The molecule has 178 valence electrons. The topological polar surface area (TPSA) is 90.0 Å². The number of pyridine rings is 2. The van der Waals surface area contributed by atoms with Crippen molar-refractivity contribution in [3.8, 4) is 17.1 Å². The van der Waals surface area contributed by atoms with E-state index in [1.54, 1.807) is 42.2 Å². The van der Waals surface area contributed by atoms with Gasteiger partial charge in [0.25, 0.3) is 5.56 Å². The maximum atomic E-state index is 13.4. The number of aromatic nitrogens is 4. The minimum atomic E-state index is -1.14. The number of carbonyl (C=O) groups is 1. The Labute approximate surface area is 205 Å². The minimum absolute atomic E-state index is 0.103. The first kappa shape index (κ1) is 23.0. The summed E-state index contributed by atoms with van der Waals surface area (Å²) >= 11 is 6.61. The predicted molar refractivity (Wildman–Crippen MR) is 130 cm³/mol. The summed E-state index contributed by atoms with van der Waals surface area (Å²) in [6, 6.07) is 10.1. The summed E-state index contributed by atoms with van der Waals surface area (Å²) in [6.07, 6.45) is 4.05. The fourth-order valence-electron chi connectivity index (χ4n) is 4.60. The van der Waals surface area contributed by atoms with E-state index in [-0.39, 0.29) is 34.1 Å². The number of rotatable bonds is 5. The Bertz CT molecular complexity index is 1540. The van der Waals surface area contributed by atoms with Crippen LogP contribution < -0.4 is 5.56 Å². The molecule has 35 heavy (non-hydrogen) atoms. The number of carboxylic acids is 1. The molecule has 0 spiro atoms. The van der Waals surface area contributed by atoms with Crippen molar-refractivity contribution < 1.29 is 14.3 Å². The van der Waals surface area contributed by atoms with Crippen LogP contribution in [0.5, 0.6) is 0 Å². The average molecular weight is 493 g/mol. The molecule has 1 aromatic carbocycles. The summed E-state index contributed by atoms with van der Waals surface area (Å²) in [5.41, 5.74) is 4.39. The van der Waals surface area contributed by atoms with Gasteiger partial charge in [0.1, 0.15) is 16.5 Å². The predicted octanol–water partition coefficient (Wildman–Crippen LogP) is 5.01. The number of nitrogens with zero attached hydrogens (tertiary/aromatic N) is 4. The highest BCUT2D eigenvalue weighted by atomic mass is 35.5. The van der Waals surface area contributed by atoms with Gasteiger partial charge >= 0.3 is 5.97 Å². The fourth-order valence-corrected chi connectivity index (χ4v) is 4.88. The summed E-state index contributed by atoms with van der Waals surface area (Å²) in [6.45, 7) is 3.69. The summed E-state index contributed by atoms with van der Waals surface area (Å²) in [5.74, 6) is -1.22. The maximum absolute atomic E-state index is 13.4. The Kier molecular flexibility index (Phi) is 5.56. The molecule has 1 N–H and O–H groups in total. The Hall–Kier alpha value is -3.78. The molecule has 5 rings (SSSR count). The van der Waals surface area contributed by atoms with Crippen LogP contribution in [0, 0.1) is 19.7 Å². The first-order chi connectivity index (χ1) is 16.7. The van der Waals surface area contributed by atoms with Gasteiger partial charge in [0.15, 0.2) is 0 Å². The van der Waals surface area contributed by atoms with E-state index in [2.05, 4.69) is 9.97 Å². The minimum Gasteiger partial charge on any atom is -0.475 e. The zero-order chi connectivity index (χ0) is 25.0. The quantitative estimate of drug-likeness (QED) is 0.423. The second-order valence-corrected chi connectivity index (χ2v) is 9.30. The van der Waals surface area contributed by atoms with Crippen molar-refractivity contribution in [1.29, 1.82) is 0 Å². The van der Waals surface area contributed by atoms with Gasteiger partial charge in [0.2, 0.25) is 5.82 Å². The van der Waals surface area contributed by atoms with Gasteiger partial charge in [0, 0.05) is 25.1 Å². The van der Waals surface area contributed by atoms with Gasteiger partial charge in [-0.2, -0.15) is 0 Å². The lowest BCUT2D eigenvalue weighted by Crippen LogP contribution is -2.23. The smallest absolute Gasteiger partial charge is 0.372 e. The molecule has 0 radical (unpaired) electrons. The number of hydrogen-bond donors (Lipinski definition) is 1. The lowest BCUT2D eigenvalue weighted by molar-refractivity contribution is 0.0680. The van der Waals surface area contributed by atoms with Crippen molar-refractivity contribution in [2.45, 2.75) is 32.1 Å². The zero-order valence-corrected chi connectivity index (χ0v) is 20.0. The lowest BCUT2D eigenvalue weighted by atomic mass is 10.0. The summed E-state index contributed by atoms with van der Waals surface area (Å²) in [7, 11) is 1.60. The second-order valence-electron chi connectivity index (χ2n) is 8.92. The summed E-state index contributed by atoms with van der Waals surface area (Å²) < 4.78 is 16.2. The SMILES string of the molecule is Cc1cnc(-c2cn(C)c(C(=O)O)n2)cc1-n1c(C)cc([C@H]2C[C@@H]2c2ccc(F)cc2)c(Cl)c1=O. The van der Waals surface area contributed by atoms with Crippen molar-refractivity contribution in [2.24, 2.45) is 7.05 Å². The highest BCUT2D eigenvalue weighted by molar-refractivity contribution is 6.31. The number of aromatic carboxylic acids is 1. The third kappa shape index (κ3) is 4.04. The van der Waals surface area contributed by atoms with E-state index in [9.17, 15) is 19.1 Å².